The number of nitrogens with zero attached hydrogens (tertiary/aromatic N) is 1. The van der Waals surface area contributed by atoms with Crippen LogP contribution in [0, 0.1) is 0 Å². The number of aromatic amines is 1. The molecule has 1 N–H and O–H groups in total. The first-order valence-corrected chi connectivity index (χ1v) is 8.30. The van der Waals surface area contributed by atoms with Gasteiger partial charge in [0.1, 0.15) is 10.7 Å². The zero-order chi connectivity index (χ0) is 16.0. The molecule has 4 rings (SSSR count). The number of hydrogen-bond donors (Lipinski definition) is 1. The average molecular weight is 328 g/mol. The van der Waals surface area contributed by atoms with Gasteiger partial charge in [-0.25, -0.2) is 4.98 Å². The molecular formula is C17H16N2O3S. The molecule has 6 heteroatoms. The molecule has 3 aromatic rings. The van der Waals surface area contributed by atoms with Crippen LogP contribution < -0.4 is 15.0 Å². The third-order valence-corrected chi connectivity index (χ3v) is 5.42. The molecular weight excluding hydrogens is 312 g/mol. The summed E-state index contributed by atoms with van der Waals surface area (Å²) in [5, 5.41) is 0.770. The maximum atomic E-state index is 12.5. The first-order chi connectivity index (χ1) is 11.2. The van der Waals surface area contributed by atoms with E-state index in [1.807, 2.05) is 18.2 Å². The van der Waals surface area contributed by atoms with Crippen molar-refractivity contribution in [2.45, 2.75) is 19.3 Å². The minimum Gasteiger partial charge on any atom is -0.493 e. The Labute approximate surface area is 136 Å². The Hall–Kier alpha value is -2.34. The van der Waals surface area contributed by atoms with Crippen molar-refractivity contribution >= 4 is 21.6 Å². The molecule has 1 aliphatic carbocycles. The van der Waals surface area contributed by atoms with Crippen molar-refractivity contribution in [1.29, 1.82) is 0 Å². The van der Waals surface area contributed by atoms with Gasteiger partial charge in [0.15, 0.2) is 11.5 Å². The van der Waals surface area contributed by atoms with E-state index in [0.717, 1.165) is 35.0 Å². The van der Waals surface area contributed by atoms with E-state index in [2.05, 4.69) is 9.97 Å². The number of thiophene rings is 1. The summed E-state index contributed by atoms with van der Waals surface area (Å²) in [6.45, 7) is 0. The number of benzene rings is 1. The number of hydrogen-bond acceptors (Lipinski definition) is 5. The van der Waals surface area contributed by atoms with E-state index < -0.39 is 0 Å². The predicted molar refractivity (Wildman–Crippen MR) is 90.8 cm³/mol. The number of aromatic nitrogens is 2. The quantitative estimate of drug-likeness (QED) is 0.802. The Balaban J connectivity index is 1.88. The van der Waals surface area contributed by atoms with Crippen LogP contribution in [-0.4, -0.2) is 24.2 Å². The van der Waals surface area contributed by atoms with Crippen LogP contribution in [0.15, 0.2) is 23.0 Å². The highest BCUT2D eigenvalue weighted by Crippen LogP contribution is 2.36. The molecule has 0 spiro atoms. The van der Waals surface area contributed by atoms with Gasteiger partial charge in [-0.2, -0.15) is 0 Å². The smallest absolute Gasteiger partial charge is 0.260 e. The molecule has 0 aliphatic heterocycles. The second kappa shape index (κ2) is 5.38. The minimum absolute atomic E-state index is 0.0563. The van der Waals surface area contributed by atoms with Gasteiger partial charge in [0, 0.05) is 10.4 Å². The number of nitrogens with one attached hydrogen (secondary N) is 1. The summed E-state index contributed by atoms with van der Waals surface area (Å²) in [5.74, 6) is 1.82. The summed E-state index contributed by atoms with van der Waals surface area (Å²) in [4.78, 5) is 22.2. The molecule has 0 unspecified atom stereocenters. The van der Waals surface area contributed by atoms with Crippen molar-refractivity contribution in [3.8, 4) is 22.9 Å². The number of aryl methyl sites for hydroxylation is 2. The molecule has 1 aliphatic rings. The monoisotopic (exact) mass is 328 g/mol. The molecule has 2 heterocycles. The van der Waals surface area contributed by atoms with Crippen LogP contribution in [0.3, 0.4) is 0 Å². The molecule has 0 saturated carbocycles. The van der Waals surface area contributed by atoms with E-state index in [1.54, 1.807) is 25.6 Å². The van der Waals surface area contributed by atoms with Crippen molar-refractivity contribution in [1.82, 2.24) is 9.97 Å². The standard InChI is InChI=1S/C17H16N2O3S/c1-21-11-7-6-9(8-12(11)22-2)15-18-16(20)14-10-4-3-5-13(10)23-17(14)19-15/h6-8H,3-5H2,1-2H3,(H,18,19,20). The maximum absolute atomic E-state index is 12.5. The van der Waals surface area contributed by atoms with Crippen LogP contribution in [-0.2, 0) is 12.8 Å². The Morgan fingerprint density at radius 1 is 1.17 bits per heavy atom. The van der Waals surface area contributed by atoms with Gasteiger partial charge in [0.25, 0.3) is 5.56 Å². The summed E-state index contributed by atoms with van der Waals surface area (Å²) in [7, 11) is 3.18. The molecule has 0 amide bonds. The van der Waals surface area contributed by atoms with Gasteiger partial charge in [-0.05, 0) is 43.0 Å². The maximum Gasteiger partial charge on any atom is 0.260 e. The number of H-pyrrole nitrogens is 1. The van der Waals surface area contributed by atoms with Gasteiger partial charge in [0.05, 0.1) is 19.6 Å². The lowest BCUT2D eigenvalue weighted by Crippen LogP contribution is -2.09. The van der Waals surface area contributed by atoms with E-state index in [4.69, 9.17) is 9.47 Å². The van der Waals surface area contributed by atoms with E-state index in [0.29, 0.717) is 17.3 Å². The number of rotatable bonds is 3. The lowest BCUT2D eigenvalue weighted by molar-refractivity contribution is 0.355. The van der Waals surface area contributed by atoms with Crippen LogP contribution in [0.25, 0.3) is 21.6 Å². The van der Waals surface area contributed by atoms with Crippen LogP contribution in [0.2, 0.25) is 0 Å². The molecule has 0 atom stereocenters. The number of methoxy groups -OCH3 is 2. The van der Waals surface area contributed by atoms with Crippen LogP contribution in [0.1, 0.15) is 16.9 Å². The summed E-state index contributed by atoms with van der Waals surface area (Å²) >= 11 is 1.64. The van der Waals surface area contributed by atoms with E-state index in [1.165, 1.54) is 10.4 Å². The summed E-state index contributed by atoms with van der Waals surface area (Å²) < 4.78 is 10.6. The van der Waals surface area contributed by atoms with Gasteiger partial charge < -0.3 is 14.5 Å². The van der Waals surface area contributed by atoms with Gasteiger partial charge in [0.2, 0.25) is 0 Å². The molecule has 23 heavy (non-hydrogen) atoms. The molecule has 0 fully saturated rings. The molecule has 5 nitrogen and oxygen atoms in total. The van der Waals surface area contributed by atoms with Crippen molar-refractivity contribution in [3.63, 3.8) is 0 Å². The minimum atomic E-state index is -0.0563. The van der Waals surface area contributed by atoms with Gasteiger partial charge in [-0.3, -0.25) is 4.79 Å². The van der Waals surface area contributed by atoms with Gasteiger partial charge in [-0.15, -0.1) is 11.3 Å². The highest BCUT2D eigenvalue weighted by Gasteiger charge is 2.21. The Morgan fingerprint density at radius 3 is 2.78 bits per heavy atom. The highest BCUT2D eigenvalue weighted by molar-refractivity contribution is 7.18. The fraction of sp³-hybridized carbons (Fsp3) is 0.294. The number of fused-ring (bicyclic) bond motifs is 3. The Kier molecular flexibility index (Phi) is 3.34. The van der Waals surface area contributed by atoms with E-state index >= 15 is 0 Å². The first kappa shape index (κ1) is 14.3. The van der Waals surface area contributed by atoms with Gasteiger partial charge in [-0.1, -0.05) is 0 Å². The van der Waals surface area contributed by atoms with Crippen LogP contribution in [0.4, 0.5) is 0 Å². The molecule has 1 aromatic carbocycles. The number of ether oxygens (including phenoxy) is 2. The molecule has 118 valence electrons. The van der Waals surface area contributed by atoms with Crippen LogP contribution >= 0.6 is 11.3 Å². The molecule has 0 radical (unpaired) electrons. The van der Waals surface area contributed by atoms with E-state index in [9.17, 15) is 4.79 Å². The molecule has 0 saturated heterocycles. The van der Waals surface area contributed by atoms with Crippen molar-refractivity contribution < 1.29 is 9.47 Å². The zero-order valence-electron chi connectivity index (χ0n) is 12.9. The SMILES string of the molecule is COc1ccc(-c2nc3sc4c(c3c(=O)[nH]2)CCC4)cc1OC. The van der Waals surface area contributed by atoms with Gasteiger partial charge >= 0.3 is 0 Å². The zero-order valence-corrected chi connectivity index (χ0v) is 13.8. The first-order valence-electron chi connectivity index (χ1n) is 7.48. The summed E-state index contributed by atoms with van der Waals surface area (Å²) in [6.07, 6.45) is 3.17. The van der Waals surface area contributed by atoms with Crippen molar-refractivity contribution in [3.05, 3.63) is 39.0 Å². The fourth-order valence-electron chi connectivity index (χ4n) is 3.12. The predicted octanol–water partition coefficient (Wildman–Crippen LogP) is 3.16. The Morgan fingerprint density at radius 2 is 2.00 bits per heavy atom. The lowest BCUT2D eigenvalue weighted by atomic mass is 10.1. The fourth-order valence-corrected chi connectivity index (χ4v) is 4.38. The van der Waals surface area contributed by atoms with Crippen molar-refractivity contribution in [2.75, 3.05) is 14.2 Å². The summed E-state index contributed by atoms with van der Waals surface area (Å²) in [6, 6.07) is 5.50. The lowest BCUT2D eigenvalue weighted by Gasteiger charge is -2.09. The third kappa shape index (κ3) is 2.21. The van der Waals surface area contributed by atoms with Crippen molar-refractivity contribution in [2.24, 2.45) is 0 Å². The highest BCUT2D eigenvalue weighted by atomic mass is 32.1. The Bertz CT molecular complexity index is 958. The second-order valence-corrected chi connectivity index (χ2v) is 6.61. The molecule has 2 aromatic heterocycles. The van der Waals surface area contributed by atoms with Crippen LogP contribution in [0.5, 0.6) is 11.5 Å². The van der Waals surface area contributed by atoms with E-state index in [-0.39, 0.29) is 5.56 Å². The summed E-state index contributed by atoms with van der Waals surface area (Å²) in [5.41, 5.74) is 1.94. The normalized spacial score (nSPS) is 13.3. The molecule has 0 bridgehead atoms. The third-order valence-electron chi connectivity index (χ3n) is 4.23. The largest absolute Gasteiger partial charge is 0.493 e. The average Bonchev–Trinajstić information content (AvgIpc) is 3.14. The topological polar surface area (TPSA) is 64.2 Å². The second-order valence-electron chi connectivity index (χ2n) is 5.52.